The number of hydrogen-bond donors (Lipinski definition) is 2. The monoisotopic (exact) mass is 442 g/mol. The number of rotatable bonds is 10. The molecule has 172 valence electrons. The number of benzene rings is 1. The molecule has 9 nitrogen and oxygen atoms in total. The molecule has 2 heterocycles. The molecule has 2 amide bonds. The molecule has 3 rings (SSSR count). The Morgan fingerprint density at radius 3 is 2.75 bits per heavy atom. The number of morpholine rings is 1. The molecule has 1 aromatic heterocycles. The van der Waals surface area contributed by atoms with Crippen molar-refractivity contribution in [3.05, 3.63) is 30.0 Å². The lowest BCUT2D eigenvalue weighted by Gasteiger charge is -2.26. The quantitative estimate of drug-likeness (QED) is 0.540. The van der Waals surface area contributed by atoms with Crippen LogP contribution < -0.4 is 15.4 Å². The van der Waals surface area contributed by atoms with Crippen LogP contribution in [-0.2, 0) is 9.53 Å². The van der Waals surface area contributed by atoms with Crippen LogP contribution in [0.1, 0.15) is 30.8 Å². The highest BCUT2D eigenvalue weighted by atomic mass is 16.5. The molecule has 0 saturated carbocycles. The van der Waals surface area contributed by atoms with Crippen molar-refractivity contribution in [1.29, 1.82) is 5.26 Å². The molecule has 1 aliphatic rings. The first-order chi connectivity index (χ1) is 15.5. The molecule has 2 N–H and O–H groups in total. The van der Waals surface area contributed by atoms with Crippen molar-refractivity contribution in [3.8, 4) is 11.8 Å². The fourth-order valence-corrected chi connectivity index (χ4v) is 3.52. The van der Waals surface area contributed by atoms with Crippen molar-refractivity contribution in [2.24, 2.45) is 5.92 Å². The van der Waals surface area contributed by atoms with Gasteiger partial charge >= 0.3 is 0 Å². The molecule has 0 spiro atoms. The Labute approximate surface area is 187 Å². The number of nitrogens with one attached hydrogen (secondary N) is 2. The maximum absolute atomic E-state index is 12.7. The van der Waals surface area contributed by atoms with Crippen LogP contribution >= 0.6 is 0 Å². The average Bonchev–Trinajstić information content (AvgIpc) is 3.21. The largest absolute Gasteiger partial charge is 0.492 e. The van der Waals surface area contributed by atoms with Crippen LogP contribution in [0.2, 0.25) is 0 Å². The fourth-order valence-electron chi connectivity index (χ4n) is 3.52. The summed E-state index contributed by atoms with van der Waals surface area (Å²) in [6.45, 7) is 8.52. The zero-order valence-electron chi connectivity index (χ0n) is 18.6. The molecule has 2 aromatic rings. The maximum Gasteiger partial charge on any atom is 0.287 e. The van der Waals surface area contributed by atoms with E-state index in [9.17, 15) is 9.59 Å². The highest BCUT2D eigenvalue weighted by Gasteiger charge is 2.24. The lowest BCUT2D eigenvalue weighted by atomic mass is 10.0. The van der Waals surface area contributed by atoms with Crippen LogP contribution in [0.15, 0.2) is 28.7 Å². The Kier molecular flexibility index (Phi) is 8.48. The van der Waals surface area contributed by atoms with E-state index in [0.717, 1.165) is 38.2 Å². The minimum Gasteiger partial charge on any atom is -0.492 e. The molecule has 1 aromatic carbocycles. The molecule has 0 aliphatic carbocycles. The van der Waals surface area contributed by atoms with Gasteiger partial charge in [-0.05, 0) is 36.6 Å². The summed E-state index contributed by atoms with van der Waals surface area (Å²) in [6.07, 6.45) is 0.449. The Morgan fingerprint density at radius 1 is 1.25 bits per heavy atom. The van der Waals surface area contributed by atoms with E-state index in [0.29, 0.717) is 24.4 Å². The topological polar surface area (TPSA) is 117 Å². The van der Waals surface area contributed by atoms with E-state index in [1.807, 2.05) is 32.0 Å². The van der Waals surface area contributed by atoms with Crippen LogP contribution in [0.5, 0.6) is 5.75 Å². The average molecular weight is 443 g/mol. The van der Waals surface area contributed by atoms with Crippen LogP contribution in [0.25, 0.3) is 11.0 Å². The maximum atomic E-state index is 12.7. The highest BCUT2D eigenvalue weighted by molar-refractivity contribution is 5.98. The van der Waals surface area contributed by atoms with E-state index in [4.69, 9.17) is 19.2 Å². The van der Waals surface area contributed by atoms with Crippen LogP contribution in [0.4, 0.5) is 0 Å². The van der Waals surface area contributed by atoms with Gasteiger partial charge in [0.15, 0.2) is 5.76 Å². The predicted octanol–water partition coefficient (Wildman–Crippen LogP) is 1.93. The normalized spacial score (nSPS) is 15.3. The zero-order chi connectivity index (χ0) is 22.9. The van der Waals surface area contributed by atoms with Crippen LogP contribution in [0, 0.1) is 17.2 Å². The number of amides is 2. The molecule has 1 fully saturated rings. The molecule has 1 saturated heterocycles. The van der Waals surface area contributed by atoms with E-state index < -0.39 is 11.9 Å². The Balaban J connectivity index is 1.61. The predicted molar refractivity (Wildman–Crippen MR) is 118 cm³/mol. The minimum absolute atomic E-state index is 0.109. The standard InChI is InChI=1S/C23H30N4O5/c1-16(2)13-19(22(28)25-6-5-24)26-23(29)21-15-17-14-18(3-4-20(17)32-21)31-12-9-27-7-10-30-11-8-27/h3-4,14-16,19H,6-13H2,1-2H3,(H,25,28)(H,26,29)/t19-/m0/s1. The van der Waals surface area contributed by atoms with Gasteiger partial charge in [-0.25, -0.2) is 0 Å². The first-order valence-corrected chi connectivity index (χ1v) is 10.9. The van der Waals surface area contributed by atoms with Crippen molar-refractivity contribution in [1.82, 2.24) is 15.5 Å². The smallest absolute Gasteiger partial charge is 0.287 e. The summed E-state index contributed by atoms with van der Waals surface area (Å²) in [5, 5.41) is 14.6. The number of fused-ring (bicyclic) bond motifs is 1. The van der Waals surface area contributed by atoms with Gasteiger partial charge in [0, 0.05) is 25.0 Å². The molecule has 1 atom stereocenters. The lowest BCUT2D eigenvalue weighted by molar-refractivity contribution is -0.123. The van der Waals surface area contributed by atoms with Gasteiger partial charge in [0.25, 0.3) is 5.91 Å². The summed E-state index contributed by atoms with van der Waals surface area (Å²) in [5.74, 6) is 0.134. The zero-order valence-corrected chi connectivity index (χ0v) is 18.6. The van der Waals surface area contributed by atoms with E-state index in [2.05, 4.69) is 15.5 Å². The van der Waals surface area contributed by atoms with Crippen molar-refractivity contribution >= 4 is 22.8 Å². The molecule has 0 unspecified atom stereocenters. The first kappa shape index (κ1) is 23.6. The first-order valence-electron chi connectivity index (χ1n) is 10.9. The molecule has 0 bridgehead atoms. The van der Waals surface area contributed by atoms with Gasteiger partial charge in [0.2, 0.25) is 5.91 Å². The molecule has 1 aliphatic heterocycles. The van der Waals surface area contributed by atoms with E-state index in [1.165, 1.54) is 0 Å². The van der Waals surface area contributed by atoms with Gasteiger partial charge < -0.3 is 24.5 Å². The Bertz CT molecular complexity index is 959. The summed E-state index contributed by atoms with van der Waals surface area (Å²) in [7, 11) is 0. The van der Waals surface area contributed by atoms with Gasteiger partial charge in [-0.1, -0.05) is 13.8 Å². The van der Waals surface area contributed by atoms with E-state index in [-0.39, 0.29) is 24.1 Å². The highest BCUT2D eigenvalue weighted by Crippen LogP contribution is 2.24. The van der Waals surface area contributed by atoms with Crippen molar-refractivity contribution in [2.75, 3.05) is 46.0 Å². The van der Waals surface area contributed by atoms with Crippen LogP contribution in [0.3, 0.4) is 0 Å². The molecular weight excluding hydrogens is 412 g/mol. The number of carbonyl (C=O) groups excluding carboxylic acids is 2. The lowest BCUT2D eigenvalue weighted by Crippen LogP contribution is -2.47. The summed E-state index contributed by atoms with van der Waals surface area (Å²) >= 11 is 0. The van der Waals surface area contributed by atoms with Gasteiger partial charge in [-0.3, -0.25) is 14.5 Å². The number of carbonyl (C=O) groups is 2. The van der Waals surface area contributed by atoms with Gasteiger partial charge in [-0.15, -0.1) is 0 Å². The van der Waals surface area contributed by atoms with E-state index in [1.54, 1.807) is 12.1 Å². The third kappa shape index (κ3) is 6.70. The summed E-state index contributed by atoms with van der Waals surface area (Å²) in [6, 6.07) is 8.16. The van der Waals surface area contributed by atoms with Gasteiger partial charge in [-0.2, -0.15) is 5.26 Å². The third-order valence-electron chi connectivity index (χ3n) is 5.16. The number of nitriles is 1. The number of nitrogens with zero attached hydrogens (tertiary/aromatic N) is 2. The molecule has 32 heavy (non-hydrogen) atoms. The van der Waals surface area contributed by atoms with Gasteiger partial charge in [0.1, 0.15) is 30.5 Å². The summed E-state index contributed by atoms with van der Waals surface area (Å²) in [4.78, 5) is 27.3. The second-order valence-corrected chi connectivity index (χ2v) is 8.14. The summed E-state index contributed by atoms with van der Waals surface area (Å²) < 4.78 is 16.9. The molecule has 0 radical (unpaired) electrons. The SMILES string of the molecule is CC(C)C[C@H](NC(=O)c1cc2cc(OCCN3CCOCC3)ccc2o1)C(=O)NCC#N. The summed E-state index contributed by atoms with van der Waals surface area (Å²) in [5.41, 5.74) is 0.560. The van der Waals surface area contributed by atoms with E-state index >= 15 is 0 Å². The number of hydrogen-bond acceptors (Lipinski definition) is 7. The van der Waals surface area contributed by atoms with Gasteiger partial charge in [0.05, 0.1) is 19.3 Å². The second kappa shape index (κ2) is 11.5. The number of furan rings is 1. The molecular formula is C23H30N4O5. The minimum atomic E-state index is -0.747. The van der Waals surface area contributed by atoms with Crippen LogP contribution in [-0.4, -0.2) is 68.8 Å². The van der Waals surface area contributed by atoms with Crippen molar-refractivity contribution in [3.63, 3.8) is 0 Å². The fraction of sp³-hybridized carbons (Fsp3) is 0.522. The number of ether oxygens (including phenoxy) is 2. The Hall–Kier alpha value is -3.09. The molecule has 9 heteroatoms. The Morgan fingerprint density at radius 2 is 2.03 bits per heavy atom. The third-order valence-corrected chi connectivity index (χ3v) is 5.16. The second-order valence-electron chi connectivity index (χ2n) is 8.14. The van der Waals surface area contributed by atoms with Crippen molar-refractivity contribution in [2.45, 2.75) is 26.3 Å². The van der Waals surface area contributed by atoms with Crippen molar-refractivity contribution < 1.29 is 23.5 Å².